The number of fused-ring (bicyclic) bond motifs is 2. The Morgan fingerprint density at radius 3 is 2.43 bits per heavy atom. The van der Waals surface area contributed by atoms with Crippen molar-refractivity contribution in [2.24, 2.45) is 0 Å². The van der Waals surface area contributed by atoms with Gasteiger partial charge in [0.1, 0.15) is 5.82 Å². The minimum atomic E-state index is -0.197. The summed E-state index contributed by atoms with van der Waals surface area (Å²) in [5.74, 6) is -0.136. The summed E-state index contributed by atoms with van der Waals surface area (Å²) in [6.07, 6.45) is 4.76. The van der Waals surface area contributed by atoms with E-state index in [0.29, 0.717) is 12.1 Å². The lowest BCUT2D eigenvalue weighted by molar-refractivity contribution is -0.137. The maximum atomic E-state index is 13.0. The molecule has 112 valence electrons. The molecule has 2 unspecified atom stereocenters. The molecule has 3 rings (SSSR count). The quantitative estimate of drug-likeness (QED) is 0.798. The van der Waals surface area contributed by atoms with Crippen LogP contribution in [0.5, 0.6) is 0 Å². The third-order valence-electron chi connectivity index (χ3n) is 4.55. The zero-order valence-electron chi connectivity index (χ0n) is 12.2. The molecule has 2 atom stereocenters. The molecule has 0 aromatic heterocycles. The first-order valence-corrected chi connectivity index (χ1v) is 7.59. The molecule has 0 aliphatic carbocycles. The summed E-state index contributed by atoms with van der Waals surface area (Å²) in [4.78, 5) is 16.4. The highest BCUT2D eigenvalue weighted by Crippen LogP contribution is 2.29. The number of hydrogen-bond donors (Lipinski definition) is 0. The van der Waals surface area contributed by atoms with Crippen molar-refractivity contribution in [1.82, 2.24) is 9.80 Å². The zero-order valence-corrected chi connectivity index (χ0v) is 12.2. The van der Waals surface area contributed by atoms with Gasteiger partial charge in [0.25, 0.3) is 0 Å². The topological polar surface area (TPSA) is 23.6 Å². The highest BCUT2D eigenvalue weighted by molar-refractivity contribution is 5.87. The summed E-state index contributed by atoms with van der Waals surface area (Å²) in [6.45, 7) is 6.23. The molecule has 2 aliphatic heterocycles. The molecule has 2 fully saturated rings. The second-order valence-corrected chi connectivity index (χ2v) is 6.01. The Hall–Kier alpha value is -1.68. The molecule has 3 nitrogen and oxygen atoms in total. The van der Waals surface area contributed by atoms with Crippen molar-refractivity contribution < 1.29 is 9.18 Å². The highest BCUT2D eigenvalue weighted by Gasteiger charge is 2.38. The Morgan fingerprint density at radius 1 is 1.24 bits per heavy atom. The first-order valence-electron chi connectivity index (χ1n) is 7.59. The summed E-state index contributed by atoms with van der Waals surface area (Å²) in [5, 5.41) is 0. The number of halogens is 1. The average molecular weight is 288 g/mol. The van der Waals surface area contributed by atoms with Gasteiger partial charge in [0.2, 0.25) is 5.91 Å². The van der Waals surface area contributed by atoms with Gasteiger partial charge >= 0.3 is 0 Å². The van der Waals surface area contributed by atoms with Crippen LogP contribution in [-0.2, 0) is 11.3 Å². The molecule has 0 saturated carbocycles. The van der Waals surface area contributed by atoms with Crippen LogP contribution in [-0.4, -0.2) is 40.9 Å². The van der Waals surface area contributed by atoms with E-state index in [1.165, 1.54) is 24.6 Å². The lowest BCUT2D eigenvalue weighted by atomic mass is 9.90. The summed E-state index contributed by atoms with van der Waals surface area (Å²) in [6, 6.07) is 7.28. The fraction of sp³-hybridized carbons (Fsp3) is 0.471. The third kappa shape index (κ3) is 3.00. The van der Waals surface area contributed by atoms with Crippen LogP contribution < -0.4 is 0 Å². The molecule has 1 amide bonds. The zero-order chi connectivity index (χ0) is 14.8. The fourth-order valence-electron chi connectivity index (χ4n) is 3.64. The Morgan fingerprint density at radius 2 is 1.86 bits per heavy atom. The van der Waals surface area contributed by atoms with Crippen LogP contribution in [0.3, 0.4) is 0 Å². The number of amides is 1. The van der Waals surface area contributed by atoms with Crippen molar-refractivity contribution in [1.29, 1.82) is 0 Å². The molecule has 2 heterocycles. The monoisotopic (exact) mass is 288 g/mol. The van der Waals surface area contributed by atoms with Crippen LogP contribution >= 0.6 is 0 Å². The molecule has 1 aromatic carbocycles. The highest BCUT2D eigenvalue weighted by atomic mass is 19.1. The molecular weight excluding hydrogens is 267 g/mol. The molecule has 0 N–H and O–H groups in total. The molecule has 2 bridgehead atoms. The third-order valence-corrected chi connectivity index (χ3v) is 4.55. The standard InChI is InChI=1S/C17H21FN2O/c1-2-17(21)20-15-4-3-5-16(20)12-19(11-15)10-13-6-8-14(18)9-7-13/h2,6-9,15-16H,1,3-5,10-12H2. The number of benzene rings is 1. The molecule has 1 aromatic rings. The van der Waals surface area contributed by atoms with E-state index < -0.39 is 0 Å². The summed E-state index contributed by atoms with van der Waals surface area (Å²) in [5.41, 5.74) is 1.12. The van der Waals surface area contributed by atoms with Gasteiger partial charge in [0.15, 0.2) is 0 Å². The van der Waals surface area contributed by atoms with Gasteiger partial charge in [-0.25, -0.2) is 4.39 Å². The van der Waals surface area contributed by atoms with Gasteiger partial charge in [-0.1, -0.05) is 18.7 Å². The van der Waals surface area contributed by atoms with E-state index in [2.05, 4.69) is 11.5 Å². The SMILES string of the molecule is C=CC(=O)N1C2CCCC1CN(Cc1ccc(F)cc1)C2. The largest absolute Gasteiger partial charge is 0.331 e. The molecule has 2 aliphatic rings. The predicted octanol–water partition coefficient (Wildman–Crippen LogP) is 2.58. The molecule has 0 spiro atoms. The molecule has 21 heavy (non-hydrogen) atoms. The van der Waals surface area contributed by atoms with E-state index in [1.807, 2.05) is 17.0 Å². The Balaban J connectivity index is 1.69. The first kappa shape index (κ1) is 14.3. The summed E-state index contributed by atoms with van der Waals surface area (Å²) < 4.78 is 13.0. The van der Waals surface area contributed by atoms with Crippen LogP contribution in [0.25, 0.3) is 0 Å². The normalized spacial score (nSPS) is 25.7. The fourth-order valence-corrected chi connectivity index (χ4v) is 3.64. The van der Waals surface area contributed by atoms with Crippen molar-refractivity contribution in [3.63, 3.8) is 0 Å². The number of likely N-dealkylation sites (tertiary alicyclic amines) is 1. The van der Waals surface area contributed by atoms with E-state index >= 15 is 0 Å². The van der Waals surface area contributed by atoms with E-state index in [9.17, 15) is 9.18 Å². The summed E-state index contributed by atoms with van der Waals surface area (Å²) in [7, 11) is 0. The van der Waals surface area contributed by atoms with Crippen molar-refractivity contribution >= 4 is 5.91 Å². The lowest BCUT2D eigenvalue weighted by Gasteiger charge is -2.50. The van der Waals surface area contributed by atoms with E-state index in [0.717, 1.165) is 38.0 Å². The lowest BCUT2D eigenvalue weighted by Crippen LogP contribution is -2.61. The minimum absolute atomic E-state index is 0.0612. The number of carbonyl (C=O) groups is 1. The molecule has 2 saturated heterocycles. The molecular formula is C17H21FN2O. The van der Waals surface area contributed by atoms with Gasteiger partial charge in [-0.2, -0.15) is 0 Å². The second kappa shape index (κ2) is 5.98. The van der Waals surface area contributed by atoms with Crippen molar-refractivity contribution in [3.8, 4) is 0 Å². The van der Waals surface area contributed by atoms with Crippen LogP contribution in [0.2, 0.25) is 0 Å². The van der Waals surface area contributed by atoms with E-state index in [-0.39, 0.29) is 11.7 Å². The van der Waals surface area contributed by atoms with Gasteiger partial charge in [-0.3, -0.25) is 9.69 Å². The van der Waals surface area contributed by atoms with Gasteiger partial charge in [0, 0.05) is 31.7 Å². The number of carbonyl (C=O) groups excluding carboxylic acids is 1. The van der Waals surface area contributed by atoms with Gasteiger partial charge in [0.05, 0.1) is 0 Å². The van der Waals surface area contributed by atoms with Gasteiger partial charge in [-0.05, 0) is 43.0 Å². The Kier molecular flexibility index (Phi) is 4.06. The van der Waals surface area contributed by atoms with Crippen molar-refractivity contribution in [2.45, 2.75) is 37.9 Å². The van der Waals surface area contributed by atoms with Crippen LogP contribution in [0, 0.1) is 5.82 Å². The van der Waals surface area contributed by atoms with Crippen molar-refractivity contribution in [2.75, 3.05) is 13.1 Å². The van der Waals surface area contributed by atoms with Crippen molar-refractivity contribution in [3.05, 3.63) is 48.3 Å². The minimum Gasteiger partial charge on any atom is -0.331 e. The van der Waals surface area contributed by atoms with Gasteiger partial charge in [-0.15, -0.1) is 0 Å². The van der Waals surface area contributed by atoms with E-state index in [1.54, 1.807) is 0 Å². The predicted molar refractivity (Wildman–Crippen MR) is 80.1 cm³/mol. The number of nitrogens with zero attached hydrogens (tertiary/aromatic N) is 2. The number of piperazine rings is 1. The number of piperidine rings is 1. The number of rotatable bonds is 3. The Bertz CT molecular complexity index is 514. The van der Waals surface area contributed by atoms with Crippen LogP contribution in [0.15, 0.2) is 36.9 Å². The number of hydrogen-bond acceptors (Lipinski definition) is 2. The second-order valence-electron chi connectivity index (χ2n) is 6.01. The average Bonchev–Trinajstić information content (AvgIpc) is 2.48. The van der Waals surface area contributed by atoms with Crippen LogP contribution in [0.1, 0.15) is 24.8 Å². The Labute approximate surface area is 125 Å². The van der Waals surface area contributed by atoms with E-state index in [4.69, 9.17) is 0 Å². The maximum absolute atomic E-state index is 13.0. The first-order chi connectivity index (χ1) is 10.2. The smallest absolute Gasteiger partial charge is 0.246 e. The molecule has 4 heteroatoms. The maximum Gasteiger partial charge on any atom is 0.246 e. The summed E-state index contributed by atoms with van der Waals surface area (Å²) >= 11 is 0. The van der Waals surface area contributed by atoms with Gasteiger partial charge < -0.3 is 4.90 Å². The molecule has 0 radical (unpaired) electrons. The van der Waals surface area contributed by atoms with Crippen LogP contribution in [0.4, 0.5) is 4.39 Å².